The van der Waals surface area contributed by atoms with Crippen molar-refractivity contribution in [1.82, 2.24) is 19.9 Å². The Bertz CT molecular complexity index is 1630. The molecule has 0 aliphatic rings. The molecule has 10 nitrogen and oxygen atoms in total. The third-order valence-electron chi connectivity index (χ3n) is 4.89. The van der Waals surface area contributed by atoms with Gasteiger partial charge in [0, 0.05) is 46.3 Å². The molecule has 2 aromatic carbocycles. The van der Waals surface area contributed by atoms with Crippen LogP contribution >= 0.6 is 0 Å². The van der Waals surface area contributed by atoms with E-state index < -0.39 is 0 Å². The normalized spacial score (nSPS) is 8.77. The average Bonchev–Trinajstić information content (AvgIpc) is 2.99. The van der Waals surface area contributed by atoms with Crippen molar-refractivity contribution in [3.8, 4) is 12.4 Å². The minimum Gasteiger partial charge on any atom is -0.422 e. The van der Waals surface area contributed by atoms with Gasteiger partial charge < -0.3 is 20.8 Å². The molecule has 0 saturated carbocycles. The topological polar surface area (TPSA) is 168 Å². The Morgan fingerprint density at radius 1 is 0.487 bits per heavy atom. The Morgan fingerprint density at radius 2 is 0.744 bits per heavy atom. The van der Waals surface area contributed by atoms with Gasteiger partial charge in [0.1, 0.15) is 0 Å². The van der Waals surface area contributed by atoms with Crippen molar-refractivity contribution in [2.45, 2.75) is 0 Å². The number of nitrogens with zero attached hydrogens (tertiary/aromatic N) is 10. The molecule has 0 amide bonds. The van der Waals surface area contributed by atoms with Crippen LogP contribution in [0.5, 0.6) is 0 Å². The van der Waals surface area contributed by atoms with Crippen molar-refractivity contribution in [3.05, 3.63) is 108 Å². The Balaban J connectivity index is 0.000000202. The molecule has 6 aromatic rings. The number of hydrogen-bond acceptors (Lipinski definition) is 8. The molecule has 0 saturated heterocycles. The fourth-order valence-electron chi connectivity index (χ4n) is 3.40. The molecule has 0 bridgehead atoms. The molecule has 1 radical (unpaired) electrons. The summed E-state index contributed by atoms with van der Waals surface area (Å²) in [7, 11) is 0. The second-order valence-corrected chi connectivity index (χ2v) is 7.06. The zero-order valence-electron chi connectivity index (χ0n) is 20.0. The van der Waals surface area contributed by atoms with Crippen molar-refractivity contribution in [2.75, 3.05) is 0 Å². The molecule has 0 spiro atoms. The van der Waals surface area contributed by atoms with Gasteiger partial charge >= 0.3 is 17.1 Å². The van der Waals surface area contributed by atoms with E-state index in [-0.39, 0.29) is 17.1 Å². The number of pyridine rings is 4. The van der Waals surface area contributed by atoms with E-state index in [1.54, 1.807) is 24.8 Å². The average molecular weight is 556 g/mol. The first kappa shape index (κ1) is 29.6. The summed E-state index contributed by atoms with van der Waals surface area (Å²) in [6, 6.07) is 26.8. The van der Waals surface area contributed by atoms with Crippen LogP contribution in [-0.4, -0.2) is 32.0 Å². The minimum atomic E-state index is 0. The first-order valence-electron chi connectivity index (χ1n) is 10.9. The molecule has 0 aliphatic heterocycles. The van der Waals surface area contributed by atoms with Gasteiger partial charge in [0.15, 0.2) is 0 Å². The number of aromatic nitrogens is 4. The Morgan fingerprint density at radius 3 is 0.923 bits per heavy atom. The molecule has 0 N–H and O–H groups in total. The van der Waals surface area contributed by atoms with E-state index in [4.69, 9.17) is 21.3 Å². The Kier molecular flexibility index (Phi) is 12.2. The molecule has 0 unspecified atom stereocenters. The summed E-state index contributed by atoms with van der Waals surface area (Å²) >= 11 is 0. The van der Waals surface area contributed by atoms with Gasteiger partial charge in [-0.1, -0.05) is 48.5 Å². The molecular weight excluding hydrogens is 540 g/mol. The molecule has 11 heteroatoms. The van der Waals surface area contributed by atoms with Gasteiger partial charge in [0.2, 0.25) is 0 Å². The third kappa shape index (κ3) is 8.18. The Labute approximate surface area is 233 Å². The number of benzene rings is 2. The minimum absolute atomic E-state index is 0. The van der Waals surface area contributed by atoms with Crippen LogP contribution in [0.2, 0.25) is 0 Å². The predicted octanol–water partition coefficient (Wildman–Crippen LogP) is 5.99. The molecule has 6 rings (SSSR count). The fourth-order valence-corrected chi connectivity index (χ4v) is 3.40. The van der Waals surface area contributed by atoms with Crippen molar-refractivity contribution in [2.24, 2.45) is 9.98 Å². The Hall–Kier alpha value is -5.66. The van der Waals surface area contributed by atoms with Gasteiger partial charge in [0.05, 0.1) is 34.5 Å². The summed E-state index contributed by atoms with van der Waals surface area (Å²) in [5, 5.41) is 34.3. The van der Waals surface area contributed by atoms with Crippen molar-refractivity contribution < 1.29 is 17.1 Å². The molecule has 4 aromatic heterocycles. The summed E-state index contributed by atoms with van der Waals surface area (Å²) in [5.74, 6) is 0. The first-order chi connectivity index (χ1) is 18.7. The predicted molar refractivity (Wildman–Crippen MR) is 147 cm³/mol. The van der Waals surface area contributed by atoms with Crippen LogP contribution in [-0.2, 0) is 17.1 Å². The van der Waals surface area contributed by atoms with Crippen LogP contribution in [0.3, 0.4) is 0 Å². The number of rotatable bonds is 0. The monoisotopic (exact) mass is 555 g/mol. The summed E-state index contributed by atoms with van der Waals surface area (Å²) in [6.45, 7) is 0. The van der Waals surface area contributed by atoms with Gasteiger partial charge in [-0.05, 0) is 24.3 Å². The standard InChI is InChI=1S/2C12H8N2.2C2N3.Cu/c2*1-3-9-5-6-10-4-2-8-14-12(10)11(9)13-7-1;2*3-1-5-2-4;/h2*1-8H;;;/q;;2*-1;+2. The zero-order chi connectivity index (χ0) is 27.0. The van der Waals surface area contributed by atoms with Crippen LogP contribution in [0.15, 0.2) is 108 Å². The largest absolute Gasteiger partial charge is 2.00 e. The van der Waals surface area contributed by atoms with E-state index in [0.29, 0.717) is 0 Å². The maximum absolute atomic E-state index is 7.43. The van der Waals surface area contributed by atoms with E-state index in [1.807, 2.05) is 24.3 Å². The van der Waals surface area contributed by atoms with Crippen molar-refractivity contribution in [3.63, 3.8) is 0 Å². The maximum Gasteiger partial charge on any atom is 2.00 e. The van der Waals surface area contributed by atoms with Crippen LogP contribution < -0.4 is 0 Å². The van der Waals surface area contributed by atoms with Crippen LogP contribution in [0, 0.1) is 22.9 Å². The second kappa shape index (κ2) is 16.2. The number of fused-ring (bicyclic) bond motifs is 6. The SMILES string of the molecule is N#CN=C=[N-].N#CN=C=[N-].[Cu+2].c1cnc2c(c1)ccc1cccnc12.c1cnc2c(c1)ccc1cccnc12. The van der Waals surface area contributed by atoms with Crippen LogP contribution in [0.4, 0.5) is 0 Å². The third-order valence-corrected chi connectivity index (χ3v) is 4.89. The van der Waals surface area contributed by atoms with E-state index >= 15 is 0 Å². The van der Waals surface area contributed by atoms with E-state index in [9.17, 15) is 0 Å². The zero-order valence-corrected chi connectivity index (χ0v) is 21.0. The van der Waals surface area contributed by atoms with Crippen molar-refractivity contribution >= 4 is 55.6 Å². The van der Waals surface area contributed by atoms with Gasteiger partial charge in [0.25, 0.3) is 0 Å². The van der Waals surface area contributed by atoms with Crippen molar-refractivity contribution in [1.29, 1.82) is 10.5 Å². The molecule has 4 heterocycles. The molecule has 0 aliphatic carbocycles. The number of nitriles is 2. The summed E-state index contributed by atoms with van der Waals surface area (Å²) in [6.07, 6.45) is 9.77. The molecule has 189 valence electrons. The summed E-state index contributed by atoms with van der Waals surface area (Å²) < 4.78 is 0. The fraction of sp³-hybridized carbons (Fsp3) is 0. The van der Waals surface area contributed by atoms with E-state index in [0.717, 1.165) is 43.6 Å². The van der Waals surface area contributed by atoms with Gasteiger partial charge in [-0.15, -0.1) is 12.0 Å². The van der Waals surface area contributed by atoms with Gasteiger partial charge in [-0.3, -0.25) is 19.9 Å². The first-order valence-corrected chi connectivity index (χ1v) is 10.9. The number of aliphatic imine (C=N–C) groups is 2. The molecule has 0 atom stereocenters. The number of hydrogen-bond donors (Lipinski definition) is 0. The second-order valence-electron chi connectivity index (χ2n) is 7.06. The molecule has 0 fully saturated rings. The maximum atomic E-state index is 7.43. The summed E-state index contributed by atoms with van der Waals surface area (Å²) in [5.41, 5.74) is 3.91. The summed E-state index contributed by atoms with van der Waals surface area (Å²) in [4.78, 5) is 22.6. The van der Waals surface area contributed by atoms with Crippen LogP contribution in [0.1, 0.15) is 0 Å². The van der Waals surface area contributed by atoms with Gasteiger partial charge in [-0.25, -0.2) is 0 Å². The smallest absolute Gasteiger partial charge is 0.422 e. The van der Waals surface area contributed by atoms with Crippen LogP contribution in [0.25, 0.3) is 54.4 Å². The van der Waals surface area contributed by atoms with E-state index in [1.165, 1.54) is 24.4 Å². The molecule has 39 heavy (non-hydrogen) atoms. The quantitative estimate of drug-likeness (QED) is 0.0964. The van der Waals surface area contributed by atoms with E-state index in [2.05, 4.69) is 78.5 Å². The molecular formula is C28H16CuN10. The van der Waals surface area contributed by atoms with Gasteiger partial charge in [-0.2, -0.15) is 10.5 Å².